The maximum absolute atomic E-state index is 12.1. The quantitative estimate of drug-likeness (QED) is 0.819. The fourth-order valence-corrected chi connectivity index (χ4v) is 2.22. The van der Waals surface area contributed by atoms with Gasteiger partial charge in [0, 0.05) is 37.5 Å². The molecule has 2 amide bonds. The van der Waals surface area contributed by atoms with Crippen molar-refractivity contribution in [2.24, 2.45) is 13.0 Å². The van der Waals surface area contributed by atoms with Crippen LogP contribution in [0.5, 0.6) is 0 Å². The molecular formula is C18H24N4O2. The van der Waals surface area contributed by atoms with Gasteiger partial charge in [-0.15, -0.1) is 0 Å². The first kappa shape index (κ1) is 17.7. The van der Waals surface area contributed by atoms with Gasteiger partial charge in [0.15, 0.2) is 0 Å². The molecule has 1 aromatic carbocycles. The van der Waals surface area contributed by atoms with Crippen LogP contribution in [0.3, 0.4) is 0 Å². The van der Waals surface area contributed by atoms with E-state index in [2.05, 4.69) is 15.7 Å². The van der Waals surface area contributed by atoms with E-state index < -0.39 is 0 Å². The number of carbonyl (C=O) groups is 2. The summed E-state index contributed by atoms with van der Waals surface area (Å²) in [5, 5.41) is 9.78. The van der Waals surface area contributed by atoms with Crippen LogP contribution in [0.15, 0.2) is 36.7 Å². The molecule has 1 aromatic heterocycles. The number of benzene rings is 1. The summed E-state index contributed by atoms with van der Waals surface area (Å²) in [5.74, 6) is 0.179. The third-order valence-corrected chi connectivity index (χ3v) is 3.48. The maximum Gasteiger partial charge on any atom is 0.251 e. The lowest BCUT2D eigenvalue weighted by molar-refractivity contribution is -0.116. The van der Waals surface area contributed by atoms with E-state index in [9.17, 15) is 9.59 Å². The van der Waals surface area contributed by atoms with Gasteiger partial charge in [-0.2, -0.15) is 5.10 Å². The summed E-state index contributed by atoms with van der Waals surface area (Å²) in [6.45, 7) is 4.71. The highest BCUT2D eigenvalue weighted by Crippen LogP contribution is 2.12. The zero-order valence-corrected chi connectivity index (χ0v) is 14.4. The van der Waals surface area contributed by atoms with Crippen molar-refractivity contribution in [1.82, 2.24) is 15.1 Å². The second-order valence-corrected chi connectivity index (χ2v) is 6.26. The van der Waals surface area contributed by atoms with Gasteiger partial charge in [-0.05, 0) is 36.1 Å². The fourth-order valence-electron chi connectivity index (χ4n) is 2.22. The van der Waals surface area contributed by atoms with Crippen molar-refractivity contribution >= 4 is 17.5 Å². The summed E-state index contributed by atoms with van der Waals surface area (Å²) in [7, 11) is 1.85. The van der Waals surface area contributed by atoms with Crippen molar-refractivity contribution in [2.45, 2.75) is 26.7 Å². The number of carbonyl (C=O) groups excluding carboxylic acids is 2. The van der Waals surface area contributed by atoms with Crippen molar-refractivity contribution in [3.05, 3.63) is 47.8 Å². The molecule has 0 aliphatic carbocycles. The van der Waals surface area contributed by atoms with Gasteiger partial charge >= 0.3 is 0 Å². The van der Waals surface area contributed by atoms with Gasteiger partial charge < -0.3 is 10.6 Å². The molecule has 0 bridgehead atoms. The molecule has 0 aliphatic rings. The van der Waals surface area contributed by atoms with Gasteiger partial charge in [0.25, 0.3) is 5.91 Å². The number of hydrogen-bond donors (Lipinski definition) is 2. The average Bonchev–Trinajstić information content (AvgIpc) is 2.96. The minimum Gasteiger partial charge on any atom is -0.352 e. The molecule has 0 saturated heterocycles. The zero-order valence-electron chi connectivity index (χ0n) is 14.4. The van der Waals surface area contributed by atoms with Crippen LogP contribution in [0.4, 0.5) is 5.69 Å². The third kappa shape index (κ3) is 5.53. The Morgan fingerprint density at radius 1 is 1.29 bits per heavy atom. The van der Waals surface area contributed by atoms with Crippen LogP contribution in [-0.4, -0.2) is 28.1 Å². The number of nitrogens with one attached hydrogen (secondary N) is 2. The Morgan fingerprint density at radius 3 is 2.75 bits per heavy atom. The lowest BCUT2D eigenvalue weighted by Crippen LogP contribution is -2.27. The predicted molar refractivity (Wildman–Crippen MR) is 93.8 cm³/mol. The predicted octanol–water partition coefficient (Wildman–Crippen LogP) is 2.38. The molecule has 0 aliphatic heterocycles. The first-order valence-corrected chi connectivity index (χ1v) is 8.09. The summed E-state index contributed by atoms with van der Waals surface area (Å²) < 4.78 is 1.71. The van der Waals surface area contributed by atoms with E-state index in [1.54, 1.807) is 35.1 Å². The molecule has 0 radical (unpaired) electrons. The summed E-state index contributed by atoms with van der Waals surface area (Å²) in [6, 6.07) is 6.97. The molecule has 6 nitrogen and oxygen atoms in total. The Labute approximate surface area is 142 Å². The summed E-state index contributed by atoms with van der Waals surface area (Å²) >= 11 is 0. The standard InChI is InChI=1S/C18H24N4O2/c1-13(2)10-19-18(24)15-5-4-6-16(9-15)21-17(23)8-7-14-11-20-22(3)12-14/h4-6,9,11-13H,7-8,10H2,1-3H3,(H,19,24)(H,21,23). The van der Waals surface area contributed by atoms with Gasteiger partial charge in [0.05, 0.1) is 6.20 Å². The molecule has 2 rings (SSSR count). The van der Waals surface area contributed by atoms with Crippen molar-refractivity contribution in [1.29, 1.82) is 0 Å². The molecule has 2 N–H and O–H groups in total. The third-order valence-electron chi connectivity index (χ3n) is 3.48. The van der Waals surface area contributed by atoms with E-state index in [4.69, 9.17) is 0 Å². The summed E-state index contributed by atoms with van der Waals surface area (Å²) in [4.78, 5) is 24.1. The highest BCUT2D eigenvalue weighted by molar-refractivity contribution is 5.97. The van der Waals surface area contributed by atoms with Gasteiger partial charge in [0.1, 0.15) is 0 Å². The number of anilines is 1. The molecule has 0 fully saturated rings. The van der Waals surface area contributed by atoms with Crippen LogP contribution >= 0.6 is 0 Å². The van der Waals surface area contributed by atoms with Crippen LogP contribution < -0.4 is 10.6 Å². The van der Waals surface area contributed by atoms with Crippen LogP contribution in [-0.2, 0) is 18.3 Å². The molecule has 0 spiro atoms. The van der Waals surface area contributed by atoms with E-state index in [1.807, 2.05) is 27.1 Å². The lowest BCUT2D eigenvalue weighted by atomic mass is 10.1. The topological polar surface area (TPSA) is 76.0 Å². The van der Waals surface area contributed by atoms with Gasteiger partial charge in [0.2, 0.25) is 5.91 Å². The fraction of sp³-hybridized carbons (Fsp3) is 0.389. The zero-order chi connectivity index (χ0) is 17.5. The van der Waals surface area contributed by atoms with Crippen molar-refractivity contribution in [3.8, 4) is 0 Å². The SMILES string of the molecule is CC(C)CNC(=O)c1cccc(NC(=O)CCc2cnn(C)c2)c1. The number of nitrogens with zero attached hydrogens (tertiary/aromatic N) is 2. The molecule has 0 saturated carbocycles. The van der Waals surface area contributed by atoms with Crippen molar-refractivity contribution < 1.29 is 9.59 Å². The Bertz CT molecular complexity index is 707. The number of rotatable bonds is 7. The largest absolute Gasteiger partial charge is 0.352 e. The molecule has 128 valence electrons. The summed E-state index contributed by atoms with van der Waals surface area (Å²) in [5.41, 5.74) is 2.19. The first-order valence-electron chi connectivity index (χ1n) is 8.09. The number of amides is 2. The Hall–Kier alpha value is -2.63. The Balaban J connectivity index is 1.88. The number of aromatic nitrogens is 2. The van der Waals surface area contributed by atoms with Crippen LogP contribution in [0.2, 0.25) is 0 Å². The smallest absolute Gasteiger partial charge is 0.251 e. The maximum atomic E-state index is 12.1. The Morgan fingerprint density at radius 2 is 2.08 bits per heavy atom. The van der Waals surface area contributed by atoms with E-state index in [0.29, 0.717) is 36.6 Å². The van der Waals surface area contributed by atoms with E-state index in [1.165, 1.54) is 0 Å². The molecule has 0 unspecified atom stereocenters. The molecule has 0 atom stereocenters. The monoisotopic (exact) mass is 328 g/mol. The number of aryl methyl sites for hydroxylation is 2. The van der Waals surface area contributed by atoms with E-state index >= 15 is 0 Å². The van der Waals surface area contributed by atoms with Gasteiger partial charge in [-0.3, -0.25) is 14.3 Å². The van der Waals surface area contributed by atoms with E-state index in [-0.39, 0.29) is 11.8 Å². The summed E-state index contributed by atoms with van der Waals surface area (Å²) in [6.07, 6.45) is 4.66. The van der Waals surface area contributed by atoms with Crippen LogP contribution in [0, 0.1) is 5.92 Å². The van der Waals surface area contributed by atoms with E-state index in [0.717, 1.165) is 5.56 Å². The van der Waals surface area contributed by atoms with Gasteiger partial charge in [-0.1, -0.05) is 19.9 Å². The highest BCUT2D eigenvalue weighted by Gasteiger charge is 2.09. The molecule has 1 heterocycles. The second kappa shape index (κ2) is 8.29. The van der Waals surface area contributed by atoms with Crippen molar-refractivity contribution in [3.63, 3.8) is 0 Å². The first-order chi connectivity index (χ1) is 11.4. The highest BCUT2D eigenvalue weighted by atomic mass is 16.2. The molecular weight excluding hydrogens is 304 g/mol. The average molecular weight is 328 g/mol. The normalized spacial score (nSPS) is 10.7. The minimum absolute atomic E-state index is 0.0846. The van der Waals surface area contributed by atoms with Crippen LogP contribution in [0.1, 0.15) is 36.2 Å². The van der Waals surface area contributed by atoms with Gasteiger partial charge in [-0.25, -0.2) is 0 Å². The number of hydrogen-bond acceptors (Lipinski definition) is 3. The molecule has 24 heavy (non-hydrogen) atoms. The minimum atomic E-state index is -0.129. The van der Waals surface area contributed by atoms with Crippen LogP contribution in [0.25, 0.3) is 0 Å². The van der Waals surface area contributed by atoms with Crippen molar-refractivity contribution in [2.75, 3.05) is 11.9 Å². The molecule has 2 aromatic rings. The second-order valence-electron chi connectivity index (χ2n) is 6.26. The molecule has 6 heteroatoms. The Kier molecular flexibility index (Phi) is 6.12. The lowest BCUT2D eigenvalue weighted by Gasteiger charge is -2.09.